The molecule has 0 N–H and O–H groups in total. The summed E-state index contributed by atoms with van der Waals surface area (Å²) in [5.74, 6) is 0.307. The quantitative estimate of drug-likeness (QED) is 0.645. The molecule has 0 fully saturated rings. The van der Waals surface area contributed by atoms with Crippen LogP contribution in [0.5, 0.6) is 0 Å². The van der Waals surface area contributed by atoms with Crippen molar-refractivity contribution < 1.29 is 9.53 Å². The first-order valence-electron chi connectivity index (χ1n) is 7.21. The Hall–Kier alpha value is -0.530. The highest BCUT2D eigenvalue weighted by Crippen LogP contribution is 2.41. The van der Waals surface area contributed by atoms with Gasteiger partial charge in [-0.05, 0) is 30.1 Å². The Kier molecular flexibility index (Phi) is 6.39. The lowest BCUT2D eigenvalue weighted by Crippen LogP contribution is -2.38. The van der Waals surface area contributed by atoms with Gasteiger partial charge in [0, 0.05) is 0 Å². The molecule has 0 aliphatic carbocycles. The van der Waals surface area contributed by atoms with Crippen LogP contribution in [-0.4, -0.2) is 12.6 Å². The molecule has 0 radical (unpaired) electrons. The van der Waals surface area contributed by atoms with Crippen LogP contribution in [0.25, 0.3) is 0 Å². The second-order valence-corrected chi connectivity index (χ2v) is 7.31. The number of ether oxygens (including phenoxy) is 1. The molecular weight excluding hydrogens is 224 g/mol. The van der Waals surface area contributed by atoms with E-state index in [1.54, 1.807) is 0 Å². The Morgan fingerprint density at radius 3 is 1.94 bits per heavy atom. The van der Waals surface area contributed by atoms with E-state index in [9.17, 15) is 4.79 Å². The molecule has 0 saturated carbocycles. The van der Waals surface area contributed by atoms with Crippen molar-refractivity contribution in [2.24, 2.45) is 22.7 Å². The molecule has 2 nitrogen and oxygen atoms in total. The minimum Gasteiger partial charge on any atom is -0.466 e. The molecule has 2 unspecified atom stereocenters. The number of hydrogen-bond acceptors (Lipinski definition) is 2. The average molecular weight is 256 g/mol. The number of carbonyl (C=O) groups is 1. The molecular formula is C16H32O2. The lowest BCUT2D eigenvalue weighted by Gasteiger charge is -2.38. The summed E-state index contributed by atoms with van der Waals surface area (Å²) in [6.07, 6.45) is 2.03. The molecule has 0 aromatic heterocycles. The molecule has 18 heavy (non-hydrogen) atoms. The first-order valence-corrected chi connectivity index (χ1v) is 7.21. The van der Waals surface area contributed by atoms with Gasteiger partial charge in [0.2, 0.25) is 0 Å². The summed E-state index contributed by atoms with van der Waals surface area (Å²) in [6, 6.07) is 0. The number of carbonyl (C=O) groups excluding carboxylic acids is 1. The lowest BCUT2D eigenvalue weighted by molar-refractivity contribution is -0.155. The molecule has 0 heterocycles. The molecule has 0 amide bonds. The molecule has 0 aromatic rings. The molecule has 2 heteroatoms. The summed E-state index contributed by atoms with van der Waals surface area (Å²) >= 11 is 0. The van der Waals surface area contributed by atoms with E-state index in [1.807, 2.05) is 6.92 Å². The SMILES string of the molecule is CCOC(=O)C(C(C)CC(C)(C)C)C(C)(C)CC. The molecule has 0 saturated heterocycles. The summed E-state index contributed by atoms with van der Waals surface area (Å²) in [4.78, 5) is 12.3. The highest BCUT2D eigenvalue weighted by atomic mass is 16.5. The second-order valence-electron chi connectivity index (χ2n) is 7.31. The van der Waals surface area contributed by atoms with Gasteiger partial charge in [-0.25, -0.2) is 0 Å². The van der Waals surface area contributed by atoms with E-state index in [-0.39, 0.29) is 22.7 Å². The molecule has 0 aromatic carbocycles. The van der Waals surface area contributed by atoms with Crippen LogP contribution in [0.2, 0.25) is 0 Å². The third-order valence-electron chi connectivity index (χ3n) is 3.80. The number of hydrogen-bond donors (Lipinski definition) is 0. The first kappa shape index (κ1) is 17.5. The van der Waals surface area contributed by atoms with Crippen LogP contribution in [0, 0.1) is 22.7 Å². The standard InChI is InChI=1S/C16H32O2/c1-9-16(7,8)13(14(17)18-10-2)12(3)11-15(4,5)6/h12-13H,9-11H2,1-8H3. The predicted molar refractivity (Wildman–Crippen MR) is 77.4 cm³/mol. The monoisotopic (exact) mass is 256 g/mol. The zero-order valence-corrected chi connectivity index (χ0v) is 13.6. The normalized spacial score (nSPS) is 16.2. The van der Waals surface area contributed by atoms with E-state index in [2.05, 4.69) is 48.5 Å². The van der Waals surface area contributed by atoms with Gasteiger partial charge in [0.1, 0.15) is 0 Å². The van der Waals surface area contributed by atoms with Crippen molar-refractivity contribution in [3.05, 3.63) is 0 Å². The highest BCUT2D eigenvalue weighted by molar-refractivity contribution is 5.73. The van der Waals surface area contributed by atoms with Gasteiger partial charge in [-0.15, -0.1) is 0 Å². The second kappa shape index (κ2) is 6.58. The van der Waals surface area contributed by atoms with Crippen molar-refractivity contribution in [1.82, 2.24) is 0 Å². The largest absolute Gasteiger partial charge is 0.466 e. The third kappa shape index (κ3) is 5.41. The molecule has 0 bridgehead atoms. The zero-order valence-electron chi connectivity index (χ0n) is 13.6. The molecule has 0 rings (SSSR count). The summed E-state index contributed by atoms with van der Waals surface area (Å²) in [5.41, 5.74) is 0.241. The number of esters is 1. The fraction of sp³-hybridized carbons (Fsp3) is 0.938. The van der Waals surface area contributed by atoms with Crippen molar-refractivity contribution >= 4 is 5.97 Å². The van der Waals surface area contributed by atoms with Crippen LogP contribution in [0.3, 0.4) is 0 Å². The van der Waals surface area contributed by atoms with Crippen LogP contribution >= 0.6 is 0 Å². The predicted octanol–water partition coefficient (Wildman–Crippen LogP) is 4.67. The maximum atomic E-state index is 12.3. The fourth-order valence-corrected chi connectivity index (χ4v) is 2.86. The topological polar surface area (TPSA) is 26.3 Å². The molecule has 0 spiro atoms. The van der Waals surface area contributed by atoms with Gasteiger partial charge in [-0.2, -0.15) is 0 Å². The van der Waals surface area contributed by atoms with Crippen LogP contribution in [0.4, 0.5) is 0 Å². The molecule has 0 aliphatic rings. The van der Waals surface area contributed by atoms with Gasteiger partial charge in [-0.1, -0.05) is 54.9 Å². The van der Waals surface area contributed by atoms with Crippen LogP contribution < -0.4 is 0 Å². The van der Waals surface area contributed by atoms with E-state index in [1.165, 1.54) is 0 Å². The van der Waals surface area contributed by atoms with Gasteiger partial charge >= 0.3 is 5.97 Å². The maximum absolute atomic E-state index is 12.3. The summed E-state index contributed by atoms with van der Waals surface area (Å²) < 4.78 is 5.29. The van der Waals surface area contributed by atoms with E-state index in [0.29, 0.717) is 12.5 Å². The van der Waals surface area contributed by atoms with Gasteiger partial charge in [0.25, 0.3) is 0 Å². The van der Waals surface area contributed by atoms with Gasteiger partial charge in [0.15, 0.2) is 0 Å². The van der Waals surface area contributed by atoms with E-state index >= 15 is 0 Å². The van der Waals surface area contributed by atoms with Crippen LogP contribution in [0.15, 0.2) is 0 Å². The summed E-state index contributed by atoms with van der Waals surface area (Å²) in [7, 11) is 0. The Morgan fingerprint density at radius 2 is 1.61 bits per heavy atom. The van der Waals surface area contributed by atoms with Crippen molar-refractivity contribution in [2.45, 2.75) is 68.2 Å². The smallest absolute Gasteiger partial charge is 0.309 e. The van der Waals surface area contributed by atoms with Crippen LogP contribution in [0.1, 0.15) is 68.2 Å². The molecule has 108 valence electrons. The summed E-state index contributed by atoms with van der Waals surface area (Å²) in [6.45, 7) is 17.7. The zero-order chi connectivity index (χ0) is 14.6. The van der Waals surface area contributed by atoms with Crippen molar-refractivity contribution in [1.29, 1.82) is 0 Å². The highest BCUT2D eigenvalue weighted by Gasteiger charge is 2.40. The van der Waals surface area contributed by atoms with Crippen LogP contribution in [-0.2, 0) is 9.53 Å². The van der Waals surface area contributed by atoms with E-state index in [4.69, 9.17) is 4.74 Å². The van der Waals surface area contributed by atoms with Crippen molar-refractivity contribution in [3.63, 3.8) is 0 Å². The number of rotatable bonds is 6. The first-order chi connectivity index (χ1) is 8.05. The summed E-state index contributed by atoms with van der Waals surface area (Å²) in [5, 5.41) is 0. The Labute approximate surface area is 113 Å². The van der Waals surface area contributed by atoms with Gasteiger partial charge in [0.05, 0.1) is 12.5 Å². The fourth-order valence-electron chi connectivity index (χ4n) is 2.86. The third-order valence-corrected chi connectivity index (χ3v) is 3.80. The van der Waals surface area contributed by atoms with Gasteiger partial charge < -0.3 is 4.74 Å². The minimum atomic E-state index is -0.0268. The molecule has 2 atom stereocenters. The lowest BCUT2D eigenvalue weighted by atomic mass is 9.67. The van der Waals surface area contributed by atoms with Crippen molar-refractivity contribution in [3.8, 4) is 0 Å². The maximum Gasteiger partial charge on any atom is 0.309 e. The Balaban J connectivity index is 5.04. The Morgan fingerprint density at radius 1 is 1.11 bits per heavy atom. The minimum absolute atomic E-state index is 0.00306. The molecule has 0 aliphatic heterocycles. The van der Waals surface area contributed by atoms with Crippen molar-refractivity contribution in [2.75, 3.05) is 6.61 Å². The van der Waals surface area contributed by atoms with E-state index in [0.717, 1.165) is 12.8 Å². The van der Waals surface area contributed by atoms with Gasteiger partial charge in [-0.3, -0.25) is 4.79 Å². The Bertz CT molecular complexity index is 261. The average Bonchev–Trinajstić information content (AvgIpc) is 2.14. The van der Waals surface area contributed by atoms with E-state index < -0.39 is 0 Å².